The van der Waals surface area contributed by atoms with Crippen molar-refractivity contribution >= 4 is 17.3 Å². The summed E-state index contributed by atoms with van der Waals surface area (Å²) in [6.07, 6.45) is 18.2. The van der Waals surface area contributed by atoms with Gasteiger partial charge in [-0.05, 0) is 50.5 Å². The molecular formula is C31H48N2O2. The fraction of sp³-hybridized carbons (Fsp3) is 0.581. The van der Waals surface area contributed by atoms with E-state index in [4.69, 9.17) is 10.5 Å². The van der Waals surface area contributed by atoms with E-state index in [0.29, 0.717) is 22.7 Å². The number of rotatable bonds is 18. The van der Waals surface area contributed by atoms with E-state index >= 15 is 0 Å². The number of nitrogens with two attached hydrogens (primary N) is 1. The van der Waals surface area contributed by atoms with Crippen molar-refractivity contribution in [3.63, 3.8) is 0 Å². The van der Waals surface area contributed by atoms with E-state index < -0.39 is 0 Å². The second kappa shape index (κ2) is 17.0. The topological polar surface area (TPSA) is 64.3 Å². The van der Waals surface area contributed by atoms with Gasteiger partial charge in [0.05, 0.1) is 23.0 Å². The van der Waals surface area contributed by atoms with Crippen LogP contribution in [0.3, 0.4) is 0 Å². The number of hydrogen-bond donors (Lipinski definition) is 2. The number of benzene rings is 2. The average molecular weight is 481 g/mol. The highest BCUT2D eigenvalue weighted by atomic mass is 16.5. The molecule has 194 valence electrons. The summed E-state index contributed by atoms with van der Waals surface area (Å²) in [5.41, 5.74) is 8.90. The number of carbonyl (C=O) groups excluding carboxylic acids is 1. The molecule has 0 fully saturated rings. The predicted molar refractivity (Wildman–Crippen MR) is 150 cm³/mol. The van der Waals surface area contributed by atoms with Crippen molar-refractivity contribution < 1.29 is 9.53 Å². The summed E-state index contributed by atoms with van der Waals surface area (Å²) in [6.45, 7) is 6.24. The zero-order chi connectivity index (χ0) is 25.3. The van der Waals surface area contributed by atoms with E-state index in [2.05, 4.69) is 18.3 Å². The van der Waals surface area contributed by atoms with Crippen LogP contribution in [-0.4, -0.2) is 12.0 Å². The number of nitrogens with one attached hydrogen (secondary N) is 1. The molecule has 3 N–H and O–H groups in total. The molecule has 0 atom stereocenters. The first kappa shape index (κ1) is 28.7. The largest absolute Gasteiger partial charge is 0.490 e. The zero-order valence-electron chi connectivity index (χ0n) is 22.4. The van der Waals surface area contributed by atoms with Gasteiger partial charge in [-0.2, -0.15) is 0 Å². The maximum absolute atomic E-state index is 13.3. The predicted octanol–water partition coefficient (Wildman–Crippen LogP) is 8.94. The number of hydrogen-bond acceptors (Lipinski definition) is 3. The molecule has 2 aromatic rings. The number of para-hydroxylation sites is 2. The third-order valence-electron chi connectivity index (χ3n) is 6.46. The van der Waals surface area contributed by atoms with Gasteiger partial charge in [0.1, 0.15) is 5.75 Å². The molecule has 2 rings (SSSR count). The van der Waals surface area contributed by atoms with Gasteiger partial charge in [0.15, 0.2) is 0 Å². The van der Waals surface area contributed by atoms with Crippen molar-refractivity contribution in [2.24, 2.45) is 0 Å². The minimum atomic E-state index is -0.163. The molecule has 35 heavy (non-hydrogen) atoms. The van der Waals surface area contributed by atoms with Crippen molar-refractivity contribution in [2.75, 3.05) is 11.1 Å². The van der Waals surface area contributed by atoms with Crippen LogP contribution in [0.4, 0.5) is 11.4 Å². The van der Waals surface area contributed by atoms with E-state index in [1.165, 1.54) is 77.0 Å². The Bertz CT molecular complexity index is 863. The van der Waals surface area contributed by atoms with Crippen molar-refractivity contribution in [1.29, 1.82) is 0 Å². The fourth-order valence-electron chi connectivity index (χ4n) is 4.52. The summed E-state index contributed by atoms with van der Waals surface area (Å²) in [7, 11) is 0. The van der Waals surface area contributed by atoms with Gasteiger partial charge in [0, 0.05) is 0 Å². The lowest BCUT2D eigenvalue weighted by atomic mass is 9.98. The monoisotopic (exact) mass is 480 g/mol. The minimum absolute atomic E-state index is 0.00469. The molecule has 0 bridgehead atoms. The molecule has 0 aliphatic carbocycles. The lowest BCUT2D eigenvalue weighted by Gasteiger charge is -2.18. The fourth-order valence-corrected chi connectivity index (χ4v) is 4.52. The van der Waals surface area contributed by atoms with E-state index in [1.807, 2.05) is 44.2 Å². The molecule has 4 nitrogen and oxygen atoms in total. The van der Waals surface area contributed by atoms with Crippen LogP contribution < -0.4 is 15.8 Å². The Morgan fingerprint density at radius 1 is 0.800 bits per heavy atom. The molecule has 0 aromatic heterocycles. The third-order valence-corrected chi connectivity index (χ3v) is 6.46. The Balaban J connectivity index is 1.80. The van der Waals surface area contributed by atoms with Crippen LogP contribution in [0.2, 0.25) is 0 Å². The number of amides is 1. The molecule has 0 saturated carbocycles. The lowest BCUT2D eigenvalue weighted by molar-refractivity contribution is 0.102. The Morgan fingerprint density at radius 2 is 1.37 bits per heavy atom. The standard InChI is InChI=1S/C31H48N2O2/c1-4-5-6-7-8-9-10-11-12-13-14-15-16-20-26-21-19-24-29(35-25(2)3)30(26)31(34)33-28-23-18-17-22-27(28)32/h17-19,21-25H,4-16,20,32H2,1-3H3,(H,33,34). The SMILES string of the molecule is CCCCCCCCCCCCCCCc1cccc(OC(C)C)c1C(=O)Nc1ccccc1N. The third kappa shape index (κ3) is 11.2. The second-order valence-corrected chi connectivity index (χ2v) is 9.99. The van der Waals surface area contributed by atoms with E-state index in [9.17, 15) is 4.79 Å². The molecular weight excluding hydrogens is 432 g/mol. The molecule has 0 radical (unpaired) electrons. The van der Waals surface area contributed by atoms with Gasteiger partial charge in [-0.15, -0.1) is 0 Å². The van der Waals surface area contributed by atoms with Crippen molar-refractivity contribution in [1.82, 2.24) is 0 Å². The molecule has 4 heteroatoms. The number of unbranched alkanes of at least 4 members (excludes halogenated alkanes) is 12. The highest BCUT2D eigenvalue weighted by Gasteiger charge is 2.19. The molecule has 0 aliphatic rings. The zero-order valence-corrected chi connectivity index (χ0v) is 22.4. The first-order chi connectivity index (χ1) is 17.0. The van der Waals surface area contributed by atoms with Gasteiger partial charge in [0.2, 0.25) is 0 Å². The quantitative estimate of drug-likeness (QED) is 0.165. The number of aryl methyl sites for hydroxylation is 1. The number of carbonyl (C=O) groups is 1. The summed E-state index contributed by atoms with van der Waals surface area (Å²) >= 11 is 0. The summed E-state index contributed by atoms with van der Waals surface area (Å²) in [4.78, 5) is 13.3. The van der Waals surface area contributed by atoms with Crippen LogP contribution >= 0.6 is 0 Å². The first-order valence-corrected chi connectivity index (χ1v) is 14.0. The average Bonchev–Trinajstić information content (AvgIpc) is 2.83. The number of ether oxygens (including phenoxy) is 1. The van der Waals surface area contributed by atoms with E-state index in [0.717, 1.165) is 18.4 Å². The maximum Gasteiger partial charge on any atom is 0.259 e. The first-order valence-electron chi connectivity index (χ1n) is 14.0. The van der Waals surface area contributed by atoms with Crippen LogP contribution in [-0.2, 0) is 6.42 Å². The van der Waals surface area contributed by atoms with Gasteiger partial charge in [-0.3, -0.25) is 4.79 Å². The van der Waals surface area contributed by atoms with Crippen molar-refractivity contribution in [3.8, 4) is 5.75 Å². The van der Waals surface area contributed by atoms with E-state index in [-0.39, 0.29) is 12.0 Å². The van der Waals surface area contributed by atoms with Gasteiger partial charge in [0.25, 0.3) is 5.91 Å². The summed E-state index contributed by atoms with van der Waals surface area (Å²) in [5, 5.41) is 2.99. The Morgan fingerprint density at radius 3 is 1.94 bits per heavy atom. The molecule has 0 heterocycles. The molecule has 0 aliphatic heterocycles. The molecule has 2 aromatic carbocycles. The van der Waals surface area contributed by atoms with Crippen LogP contribution in [0.25, 0.3) is 0 Å². The smallest absolute Gasteiger partial charge is 0.259 e. The number of anilines is 2. The summed E-state index contributed by atoms with van der Waals surface area (Å²) in [6, 6.07) is 13.3. The Hall–Kier alpha value is -2.49. The van der Waals surface area contributed by atoms with Gasteiger partial charge < -0.3 is 15.8 Å². The van der Waals surface area contributed by atoms with Crippen molar-refractivity contribution in [3.05, 3.63) is 53.6 Å². The van der Waals surface area contributed by atoms with Crippen LogP contribution in [0.1, 0.15) is 120 Å². The van der Waals surface area contributed by atoms with E-state index in [1.54, 1.807) is 6.07 Å². The van der Waals surface area contributed by atoms with Gasteiger partial charge in [-0.25, -0.2) is 0 Å². The van der Waals surface area contributed by atoms with Gasteiger partial charge in [-0.1, -0.05) is 108 Å². The molecule has 0 spiro atoms. The van der Waals surface area contributed by atoms with Gasteiger partial charge >= 0.3 is 0 Å². The Labute approximate surface area is 214 Å². The van der Waals surface area contributed by atoms with Crippen molar-refractivity contribution in [2.45, 2.75) is 117 Å². The summed E-state index contributed by atoms with van der Waals surface area (Å²) < 4.78 is 6.00. The minimum Gasteiger partial charge on any atom is -0.490 e. The Kier molecular flexibility index (Phi) is 14.0. The molecule has 1 amide bonds. The highest BCUT2D eigenvalue weighted by Crippen LogP contribution is 2.28. The second-order valence-electron chi connectivity index (χ2n) is 9.99. The lowest BCUT2D eigenvalue weighted by Crippen LogP contribution is -2.18. The number of nitrogen functional groups attached to an aromatic ring is 1. The summed E-state index contributed by atoms with van der Waals surface area (Å²) in [5.74, 6) is 0.475. The van der Waals surface area contributed by atoms with Crippen LogP contribution in [0, 0.1) is 0 Å². The normalized spacial score (nSPS) is 11.1. The highest BCUT2D eigenvalue weighted by molar-refractivity contribution is 6.08. The van der Waals surface area contributed by atoms with Crippen LogP contribution in [0.5, 0.6) is 5.75 Å². The maximum atomic E-state index is 13.3. The molecule has 0 saturated heterocycles. The molecule has 0 unspecified atom stereocenters. The van der Waals surface area contributed by atoms with Crippen LogP contribution in [0.15, 0.2) is 42.5 Å².